The Bertz CT molecular complexity index is 3180. The molecule has 14 amide bonds. The number of hydrogen-bond acceptors (Lipinski definition) is 16. The summed E-state index contributed by atoms with van der Waals surface area (Å²) in [5.41, 5.74) is 6.06. The topological polar surface area (TPSA) is 436 Å². The van der Waals surface area contributed by atoms with Crippen molar-refractivity contribution in [2.45, 2.75) is 274 Å². The number of hydrogen-bond donors (Lipinski definition) is 14. The summed E-state index contributed by atoms with van der Waals surface area (Å²) in [7, 11) is 1.36. The molecule has 105 heavy (non-hydrogen) atoms. The Morgan fingerprint density at radius 1 is 0.600 bits per heavy atom. The summed E-state index contributed by atoms with van der Waals surface area (Å²) in [4.78, 5) is 204. The van der Waals surface area contributed by atoms with Crippen molar-refractivity contribution < 1.29 is 72.2 Å². The standard InChI is InChI=1S/C75H125N15O15/c1-21-44(16)58(70(100)86-60-46(18)89(20)74(104)56(42(12)13)82-63(93)49(23-3)77-73(103)62(48-31-25-24-26-32-48)88-68(98)55(41(10)11)80-69(99)59(45(17)22-2)85-71(60)101)84-64(94)50(33-28-36-76)78-65(95)51-34-29-37-90(51)75(105)57(43(14)15)83-67(97)54(40(8)9)81-72(102)61(47(19)91)87-66(96)53(39(6)7)79-52(92)35-27-30-38(4)5/h23-26,31-32,38-47,50-51,53-62,91H,21-22,27-30,33-37,76H2,1-20H3,(H,77,103)(H,78,95)(H,79,92)(H,80,99)(H,81,102)(H,82,93)(H,83,97)(H,84,94)(H,85,101)(H,86,100)(H,87,96)(H,88,98)/b49-23-/t44?,45?,46-,47-,50+,51+,53-,54+,55-,56+,57-,58-,59-,60-,61+,62+/m1/s1. The lowest BCUT2D eigenvalue weighted by Crippen LogP contribution is -2.66. The van der Waals surface area contributed by atoms with Gasteiger partial charge in [-0.05, 0) is 112 Å². The quantitative estimate of drug-likeness (QED) is 0.0458. The molecular formula is C75H125N15O15. The van der Waals surface area contributed by atoms with E-state index in [4.69, 9.17) is 5.73 Å². The van der Waals surface area contributed by atoms with Gasteiger partial charge < -0.3 is 84.4 Å². The van der Waals surface area contributed by atoms with Gasteiger partial charge in [-0.2, -0.15) is 0 Å². The van der Waals surface area contributed by atoms with Crippen LogP contribution in [0.3, 0.4) is 0 Å². The monoisotopic (exact) mass is 1480 g/mol. The summed E-state index contributed by atoms with van der Waals surface area (Å²) >= 11 is 0. The van der Waals surface area contributed by atoms with Gasteiger partial charge in [-0.25, -0.2) is 0 Å². The van der Waals surface area contributed by atoms with Crippen LogP contribution < -0.4 is 69.5 Å². The minimum atomic E-state index is -1.70. The van der Waals surface area contributed by atoms with Gasteiger partial charge in [0.05, 0.1) is 12.1 Å². The summed E-state index contributed by atoms with van der Waals surface area (Å²) in [6.07, 6.45) is 2.72. The van der Waals surface area contributed by atoms with E-state index in [1.807, 2.05) is 13.8 Å². The van der Waals surface area contributed by atoms with Crippen molar-refractivity contribution in [1.29, 1.82) is 0 Å². The van der Waals surface area contributed by atoms with Crippen LogP contribution in [0.2, 0.25) is 0 Å². The molecule has 2 aliphatic rings. The number of nitrogens with two attached hydrogens (primary N) is 1. The lowest BCUT2D eigenvalue weighted by atomic mass is 9.94. The Balaban J connectivity index is 2.02. The Morgan fingerprint density at radius 2 is 1.13 bits per heavy atom. The molecule has 2 fully saturated rings. The Hall–Kier alpha value is -8.54. The summed E-state index contributed by atoms with van der Waals surface area (Å²) < 4.78 is 0. The van der Waals surface area contributed by atoms with Crippen molar-refractivity contribution in [3.63, 3.8) is 0 Å². The number of likely N-dealkylation sites (tertiary alicyclic amines) is 1. The fourth-order valence-corrected chi connectivity index (χ4v) is 12.3. The number of benzene rings is 1. The van der Waals surface area contributed by atoms with Crippen molar-refractivity contribution in [2.75, 3.05) is 20.1 Å². The lowest BCUT2D eigenvalue weighted by Gasteiger charge is -2.37. The van der Waals surface area contributed by atoms with Crippen LogP contribution in [0.25, 0.3) is 0 Å². The molecule has 3 rings (SSSR count). The minimum absolute atomic E-state index is 0.0416. The van der Waals surface area contributed by atoms with E-state index in [-0.39, 0.29) is 56.8 Å². The first-order chi connectivity index (χ1) is 49.2. The SMILES string of the molecule is C/C=C1\NC(=O)[C@H](c2ccccc2)NC(=O)[C@@H](C(C)C)NC(=O)[C@@H](C(C)CC)NC(=O)[C@H](NC(=O)[C@H](NC(=O)[C@H](CCCN)NC(=O)[C@@H]2CCCN2C(=O)[C@H](NC(=O)[C@@H](NC(=O)[C@@H](NC(=O)[C@H](NC(=O)CCCC(C)C)C(C)C)[C@@H](C)O)C(C)C)C(C)C)C(C)CC)[C@@H](C)N(C)C(=O)[C@H](C(C)C)NC1=O. The smallest absolute Gasteiger partial charge is 0.268 e. The van der Waals surface area contributed by atoms with E-state index >= 15 is 9.59 Å². The minimum Gasteiger partial charge on any atom is -0.391 e. The maximum absolute atomic E-state index is 15.2. The number of likely N-dealkylation sites (N-methyl/N-ethyl adjacent to an activating group) is 1. The van der Waals surface area contributed by atoms with Gasteiger partial charge in [-0.1, -0.05) is 166 Å². The molecule has 0 radical (unpaired) electrons. The van der Waals surface area contributed by atoms with Gasteiger partial charge in [0.15, 0.2) is 0 Å². The molecule has 2 unspecified atom stereocenters. The largest absolute Gasteiger partial charge is 0.391 e. The maximum Gasteiger partial charge on any atom is 0.268 e. The molecule has 0 aliphatic carbocycles. The normalized spacial score (nSPS) is 22.7. The third kappa shape index (κ3) is 26.5. The first-order valence-electron chi connectivity index (χ1n) is 37.5. The fraction of sp³-hybridized carbons (Fsp3) is 0.707. The summed E-state index contributed by atoms with van der Waals surface area (Å²) in [6, 6.07) is -9.27. The first-order valence-corrected chi connectivity index (χ1v) is 37.5. The van der Waals surface area contributed by atoms with Crippen molar-refractivity contribution in [3.05, 3.63) is 47.7 Å². The van der Waals surface area contributed by atoms with Gasteiger partial charge in [0, 0.05) is 20.0 Å². The molecule has 0 saturated carbocycles. The zero-order valence-corrected chi connectivity index (χ0v) is 65.6. The second-order valence-corrected chi connectivity index (χ2v) is 30.3. The molecule has 2 heterocycles. The predicted octanol–water partition coefficient (Wildman–Crippen LogP) is 1.88. The molecule has 1 aromatic carbocycles. The highest BCUT2D eigenvalue weighted by Crippen LogP contribution is 2.24. The highest BCUT2D eigenvalue weighted by Gasteiger charge is 2.45. The number of amides is 14. The third-order valence-corrected chi connectivity index (χ3v) is 19.7. The van der Waals surface area contributed by atoms with E-state index in [2.05, 4.69) is 63.8 Å². The number of rotatable bonds is 32. The number of nitrogens with one attached hydrogen (secondary N) is 12. The van der Waals surface area contributed by atoms with Crippen LogP contribution in [-0.4, -0.2) is 196 Å². The van der Waals surface area contributed by atoms with Crippen molar-refractivity contribution in [3.8, 4) is 0 Å². The zero-order chi connectivity index (χ0) is 79.6. The average Bonchev–Trinajstić information content (AvgIpc) is 1.75. The van der Waals surface area contributed by atoms with Crippen molar-refractivity contribution in [1.82, 2.24) is 73.6 Å². The second-order valence-electron chi connectivity index (χ2n) is 30.3. The summed E-state index contributed by atoms with van der Waals surface area (Å²) in [5.74, 6) is -14.5. The summed E-state index contributed by atoms with van der Waals surface area (Å²) in [6.45, 7) is 32.2. The molecule has 16 atom stereocenters. The number of aliphatic hydroxyl groups excluding tert-OH is 1. The van der Waals surface area contributed by atoms with Crippen molar-refractivity contribution in [2.24, 2.45) is 53.1 Å². The van der Waals surface area contributed by atoms with Gasteiger partial charge in [-0.15, -0.1) is 0 Å². The molecule has 0 spiro atoms. The lowest BCUT2D eigenvalue weighted by molar-refractivity contribution is -0.144. The van der Waals surface area contributed by atoms with Gasteiger partial charge in [0.1, 0.15) is 78.2 Å². The molecule has 0 bridgehead atoms. The van der Waals surface area contributed by atoms with E-state index in [1.54, 1.807) is 127 Å². The van der Waals surface area contributed by atoms with Crippen LogP contribution in [0.1, 0.15) is 201 Å². The van der Waals surface area contributed by atoms with Crippen LogP contribution in [0, 0.1) is 47.3 Å². The van der Waals surface area contributed by atoms with Gasteiger partial charge in [0.25, 0.3) is 11.8 Å². The Morgan fingerprint density at radius 3 is 1.66 bits per heavy atom. The molecule has 1 aromatic rings. The second kappa shape index (κ2) is 43.2. The summed E-state index contributed by atoms with van der Waals surface area (Å²) in [5, 5.41) is 43.5. The molecule has 15 N–H and O–H groups in total. The van der Waals surface area contributed by atoms with Crippen LogP contribution in [0.15, 0.2) is 42.1 Å². The highest BCUT2D eigenvalue weighted by atomic mass is 16.3. The molecule has 590 valence electrons. The van der Waals surface area contributed by atoms with Crippen LogP contribution >= 0.6 is 0 Å². The molecule has 30 nitrogen and oxygen atoms in total. The average molecular weight is 1480 g/mol. The van der Waals surface area contributed by atoms with Crippen LogP contribution in [0.5, 0.6) is 0 Å². The van der Waals surface area contributed by atoms with Gasteiger partial charge >= 0.3 is 0 Å². The third-order valence-electron chi connectivity index (χ3n) is 19.7. The van der Waals surface area contributed by atoms with Gasteiger partial charge in [-0.3, -0.25) is 67.1 Å². The van der Waals surface area contributed by atoms with Gasteiger partial charge in [0.2, 0.25) is 70.9 Å². The van der Waals surface area contributed by atoms with E-state index in [1.165, 1.54) is 38.8 Å². The van der Waals surface area contributed by atoms with E-state index in [0.29, 0.717) is 30.7 Å². The Kier molecular flexibility index (Phi) is 37.3. The molecule has 0 aromatic heterocycles. The number of carbonyl (C=O) groups excluding carboxylic acids is 14. The number of allylic oxidation sites excluding steroid dienone is 1. The van der Waals surface area contributed by atoms with Crippen LogP contribution in [0.4, 0.5) is 0 Å². The van der Waals surface area contributed by atoms with E-state index in [0.717, 1.165) is 11.3 Å². The molecule has 30 heteroatoms. The van der Waals surface area contributed by atoms with E-state index in [9.17, 15) is 62.6 Å². The van der Waals surface area contributed by atoms with Crippen molar-refractivity contribution >= 4 is 82.7 Å². The Labute approximate surface area is 620 Å². The molecular weight excluding hydrogens is 1350 g/mol. The highest BCUT2D eigenvalue weighted by molar-refractivity contribution is 6.03. The molecule has 2 aliphatic heterocycles. The predicted molar refractivity (Wildman–Crippen MR) is 397 cm³/mol. The number of nitrogens with zero attached hydrogens (tertiary/aromatic N) is 2. The number of carbonyl (C=O) groups is 14. The zero-order valence-electron chi connectivity index (χ0n) is 65.6. The molecule has 2 saturated heterocycles. The van der Waals surface area contributed by atoms with Crippen LogP contribution in [-0.2, 0) is 67.1 Å². The maximum atomic E-state index is 15.2. The fourth-order valence-electron chi connectivity index (χ4n) is 12.3. The van der Waals surface area contributed by atoms with E-state index < -0.39 is 203 Å². The number of aliphatic hydroxyl groups is 1. The first kappa shape index (κ1) is 90.7.